The van der Waals surface area contributed by atoms with Gasteiger partial charge in [-0.05, 0) is 48.0 Å². The Bertz CT molecular complexity index is 834. The normalized spacial score (nSPS) is 19.9. The summed E-state index contributed by atoms with van der Waals surface area (Å²) in [5, 5.41) is 13.1. The van der Waals surface area contributed by atoms with Crippen LogP contribution in [0.2, 0.25) is 0 Å². The number of benzene rings is 1. The van der Waals surface area contributed by atoms with Crippen LogP contribution in [0.15, 0.2) is 12.1 Å². The van der Waals surface area contributed by atoms with Crippen LogP contribution in [0.4, 0.5) is 0 Å². The van der Waals surface area contributed by atoms with Crippen LogP contribution in [-0.2, 0) is 0 Å². The highest BCUT2D eigenvalue weighted by molar-refractivity contribution is 5.55. The molecule has 9 nitrogen and oxygen atoms in total. The molecule has 1 aromatic carbocycles. The van der Waals surface area contributed by atoms with Gasteiger partial charge in [-0.25, -0.2) is 4.68 Å². The Kier molecular flexibility index (Phi) is 6.92. The maximum absolute atomic E-state index is 5.65. The van der Waals surface area contributed by atoms with Crippen molar-refractivity contribution in [1.29, 1.82) is 0 Å². The van der Waals surface area contributed by atoms with Gasteiger partial charge in [-0.15, -0.1) is 5.10 Å². The van der Waals surface area contributed by atoms with Gasteiger partial charge in [0.15, 0.2) is 17.3 Å². The van der Waals surface area contributed by atoms with E-state index in [2.05, 4.69) is 37.1 Å². The van der Waals surface area contributed by atoms with Crippen LogP contribution >= 0.6 is 0 Å². The third kappa shape index (κ3) is 4.48. The van der Waals surface area contributed by atoms with E-state index in [-0.39, 0.29) is 6.04 Å². The second-order valence-corrected chi connectivity index (χ2v) is 8.47. The molecular formula is C22H34N6O3. The quantitative estimate of drug-likeness (QED) is 0.663. The number of methoxy groups -OCH3 is 3. The molecule has 0 spiro atoms. The second-order valence-electron chi connectivity index (χ2n) is 8.47. The molecule has 2 fully saturated rings. The van der Waals surface area contributed by atoms with E-state index in [4.69, 9.17) is 14.2 Å². The predicted molar refractivity (Wildman–Crippen MR) is 117 cm³/mol. The third-order valence-corrected chi connectivity index (χ3v) is 6.59. The fourth-order valence-electron chi connectivity index (χ4n) is 4.83. The molecule has 2 aliphatic rings. The van der Waals surface area contributed by atoms with Crippen LogP contribution in [0.25, 0.3) is 0 Å². The summed E-state index contributed by atoms with van der Waals surface area (Å²) in [6.07, 6.45) is 6.01. The van der Waals surface area contributed by atoms with Crippen molar-refractivity contribution in [2.24, 2.45) is 0 Å². The van der Waals surface area contributed by atoms with Gasteiger partial charge in [0.25, 0.3) is 0 Å². The molecule has 1 aromatic heterocycles. The summed E-state index contributed by atoms with van der Waals surface area (Å²) in [7, 11) is 7.09. The van der Waals surface area contributed by atoms with Crippen molar-refractivity contribution in [3.8, 4) is 17.2 Å². The molecule has 2 heterocycles. The van der Waals surface area contributed by atoms with E-state index in [0.29, 0.717) is 23.3 Å². The summed E-state index contributed by atoms with van der Waals surface area (Å²) < 4.78 is 18.9. The number of aromatic nitrogens is 4. The number of tetrazole rings is 1. The fraction of sp³-hybridized carbons (Fsp3) is 0.682. The molecule has 31 heavy (non-hydrogen) atoms. The van der Waals surface area contributed by atoms with Crippen molar-refractivity contribution in [2.45, 2.75) is 44.2 Å². The van der Waals surface area contributed by atoms with Crippen LogP contribution in [-0.4, -0.2) is 84.6 Å². The van der Waals surface area contributed by atoms with Crippen molar-refractivity contribution in [3.63, 3.8) is 0 Å². The monoisotopic (exact) mass is 430 g/mol. The van der Waals surface area contributed by atoms with Gasteiger partial charge in [-0.3, -0.25) is 4.90 Å². The summed E-state index contributed by atoms with van der Waals surface area (Å²) in [6.45, 7) is 3.89. The van der Waals surface area contributed by atoms with Gasteiger partial charge in [0, 0.05) is 26.2 Å². The molecule has 1 saturated carbocycles. The van der Waals surface area contributed by atoms with Crippen LogP contribution in [0.1, 0.15) is 55.6 Å². The van der Waals surface area contributed by atoms with Gasteiger partial charge >= 0.3 is 0 Å². The fourth-order valence-corrected chi connectivity index (χ4v) is 4.83. The summed E-state index contributed by atoms with van der Waals surface area (Å²) in [5.41, 5.74) is 1.05. The average Bonchev–Trinajstić information content (AvgIpc) is 3.29. The van der Waals surface area contributed by atoms with E-state index >= 15 is 0 Å². The molecule has 9 heteroatoms. The minimum atomic E-state index is -0.0840. The number of ether oxygens (including phenoxy) is 3. The van der Waals surface area contributed by atoms with Crippen LogP contribution in [0, 0.1) is 0 Å². The third-order valence-electron chi connectivity index (χ3n) is 6.59. The molecule has 2 aromatic rings. The largest absolute Gasteiger partial charge is 0.493 e. The van der Waals surface area contributed by atoms with Crippen LogP contribution < -0.4 is 14.2 Å². The molecule has 1 saturated heterocycles. The Morgan fingerprint density at radius 3 is 2.13 bits per heavy atom. The lowest BCUT2D eigenvalue weighted by Crippen LogP contribution is -2.47. The number of hydrogen-bond acceptors (Lipinski definition) is 8. The summed E-state index contributed by atoms with van der Waals surface area (Å²) in [6, 6.07) is 4.34. The predicted octanol–water partition coefficient (Wildman–Crippen LogP) is 2.54. The van der Waals surface area contributed by atoms with Gasteiger partial charge in [-0.2, -0.15) is 0 Å². The van der Waals surface area contributed by atoms with Gasteiger partial charge in [-0.1, -0.05) is 19.3 Å². The first-order valence-electron chi connectivity index (χ1n) is 11.2. The Labute approximate surface area is 184 Å². The summed E-state index contributed by atoms with van der Waals surface area (Å²) in [4.78, 5) is 4.82. The second kappa shape index (κ2) is 9.82. The highest BCUT2D eigenvalue weighted by Crippen LogP contribution is 2.42. The van der Waals surface area contributed by atoms with E-state index in [9.17, 15) is 0 Å². The van der Waals surface area contributed by atoms with Crippen molar-refractivity contribution in [3.05, 3.63) is 23.5 Å². The Balaban J connectivity index is 1.79. The lowest BCUT2D eigenvalue weighted by atomic mass is 9.95. The standard InChI is InChI=1S/C22H34N6O3/c1-26-10-12-27(13-11-26)20(16-14-18(29-2)21(31-4)19(15-16)30-3)22-23-24-25-28(22)17-8-6-5-7-9-17/h14-15,17,20H,5-13H2,1-4H3. The Morgan fingerprint density at radius 2 is 1.55 bits per heavy atom. The van der Waals surface area contributed by atoms with Crippen molar-refractivity contribution in [1.82, 2.24) is 30.0 Å². The molecule has 0 bridgehead atoms. The van der Waals surface area contributed by atoms with E-state index in [0.717, 1.165) is 50.4 Å². The van der Waals surface area contributed by atoms with Gasteiger partial charge in [0.1, 0.15) is 0 Å². The first kappa shape index (κ1) is 21.8. The zero-order chi connectivity index (χ0) is 21.8. The van der Waals surface area contributed by atoms with Gasteiger partial charge < -0.3 is 19.1 Å². The minimum Gasteiger partial charge on any atom is -0.493 e. The SMILES string of the molecule is COc1cc(C(c2nnnn2C2CCCCC2)N2CCN(C)CC2)cc(OC)c1OC. The zero-order valence-corrected chi connectivity index (χ0v) is 19.1. The van der Waals surface area contributed by atoms with E-state index < -0.39 is 0 Å². The average molecular weight is 431 g/mol. The molecule has 0 amide bonds. The van der Waals surface area contributed by atoms with Crippen molar-refractivity contribution < 1.29 is 14.2 Å². The number of hydrogen-bond donors (Lipinski definition) is 0. The van der Waals surface area contributed by atoms with E-state index in [1.54, 1.807) is 21.3 Å². The highest BCUT2D eigenvalue weighted by atomic mass is 16.5. The highest BCUT2D eigenvalue weighted by Gasteiger charge is 2.33. The van der Waals surface area contributed by atoms with Gasteiger partial charge in [0.05, 0.1) is 33.4 Å². The minimum absolute atomic E-state index is 0.0840. The van der Waals surface area contributed by atoms with Crippen LogP contribution in [0.5, 0.6) is 17.2 Å². The summed E-state index contributed by atoms with van der Waals surface area (Å²) >= 11 is 0. The Morgan fingerprint density at radius 1 is 0.903 bits per heavy atom. The number of likely N-dealkylation sites (N-methyl/N-ethyl adjacent to an activating group) is 1. The molecular weight excluding hydrogens is 396 g/mol. The number of nitrogens with zero attached hydrogens (tertiary/aromatic N) is 6. The first-order valence-corrected chi connectivity index (χ1v) is 11.2. The lowest BCUT2D eigenvalue weighted by molar-refractivity contribution is 0.119. The smallest absolute Gasteiger partial charge is 0.203 e. The number of rotatable bonds is 7. The molecule has 0 N–H and O–H groups in total. The molecule has 4 rings (SSSR count). The number of piperazine rings is 1. The first-order chi connectivity index (χ1) is 15.2. The van der Waals surface area contributed by atoms with Crippen LogP contribution in [0.3, 0.4) is 0 Å². The zero-order valence-electron chi connectivity index (χ0n) is 19.1. The summed E-state index contributed by atoms with van der Waals surface area (Å²) in [5.74, 6) is 2.78. The van der Waals surface area contributed by atoms with E-state index in [1.807, 2.05) is 12.1 Å². The van der Waals surface area contributed by atoms with Gasteiger partial charge in [0.2, 0.25) is 5.75 Å². The lowest BCUT2D eigenvalue weighted by Gasteiger charge is -2.38. The molecule has 1 unspecified atom stereocenters. The molecule has 1 aliphatic carbocycles. The van der Waals surface area contributed by atoms with Crippen molar-refractivity contribution >= 4 is 0 Å². The maximum Gasteiger partial charge on any atom is 0.203 e. The maximum atomic E-state index is 5.65. The molecule has 170 valence electrons. The molecule has 1 atom stereocenters. The molecule has 1 aliphatic heterocycles. The topological polar surface area (TPSA) is 77.8 Å². The van der Waals surface area contributed by atoms with Crippen molar-refractivity contribution in [2.75, 3.05) is 54.6 Å². The Hall–Kier alpha value is -2.39. The molecule has 0 radical (unpaired) electrons. The van der Waals surface area contributed by atoms with E-state index in [1.165, 1.54) is 19.3 Å².